The van der Waals surface area contributed by atoms with E-state index < -0.39 is 22.8 Å². The number of carboxylic acids is 1. The van der Waals surface area contributed by atoms with Crippen molar-refractivity contribution in [2.45, 2.75) is 18.9 Å². The molecule has 10 heteroatoms. The number of aromatic carboxylic acids is 1. The molecule has 1 aliphatic carbocycles. The van der Waals surface area contributed by atoms with E-state index in [9.17, 15) is 19.9 Å². The predicted octanol–water partition coefficient (Wildman–Crippen LogP) is 4.11. The largest absolute Gasteiger partial charge is 0.477 e. The summed E-state index contributed by atoms with van der Waals surface area (Å²) >= 11 is 0. The standard InChI is InChI=1S/C28H24FN5O4/c29-23-10-21-25(35)22(28(36)37)14-34(19-8-9-19)26(21)31-27(23)33-13-18(24(15-33)32-38)12-30-11-17-6-3-5-16-4-1-2-7-20(16)17/h1-7,10-11,14,18-19,38H,8-9,12-13,15H2,(H,36,37)/b30-11?,32-24+. The van der Waals surface area contributed by atoms with Gasteiger partial charge >= 0.3 is 5.97 Å². The Morgan fingerprint density at radius 2 is 1.95 bits per heavy atom. The summed E-state index contributed by atoms with van der Waals surface area (Å²) in [5, 5.41) is 24.7. The summed E-state index contributed by atoms with van der Waals surface area (Å²) in [7, 11) is 0. The highest BCUT2D eigenvalue weighted by molar-refractivity contribution is 6.00. The second kappa shape index (κ2) is 9.37. The molecule has 1 aliphatic heterocycles. The number of nitrogens with zero attached hydrogens (tertiary/aromatic N) is 5. The van der Waals surface area contributed by atoms with E-state index in [1.165, 1.54) is 6.20 Å². The van der Waals surface area contributed by atoms with Gasteiger partial charge in [0.05, 0.1) is 17.6 Å². The number of pyridine rings is 2. The Morgan fingerprint density at radius 1 is 1.16 bits per heavy atom. The molecule has 4 aromatic rings. The summed E-state index contributed by atoms with van der Waals surface area (Å²) in [5.74, 6) is -2.33. The van der Waals surface area contributed by atoms with Crippen LogP contribution in [0.5, 0.6) is 0 Å². The number of hydrogen-bond donors (Lipinski definition) is 2. The van der Waals surface area contributed by atoms with Gasteiger partial charge in [0.2, 0.25) is 5.43 Å². The number of anilines is 1. The van der Waals surface area contributed by atoms with Crippen LogP contribution in [-0.4, -0.2) is 57.4 Å². The maximum absolute atomic E-state index is 15.3. The Hall–Kier alpha value is -4.60. The van der Waals surface area contributed by atoms with Crippen molar-refractivity contribution in [3.8, 4) is 0 Å². The molecule has 1 saturated carbocycles. The lowest BCUT2D eigenvalue weighted by molar-refractivity contribution is 0.0695. The lowest BCUT2D eigenvalue weighted by Gasteiger charge is -2.19. The van der Waals surface area contributed by atoms with Crippen molar-refractivity contribution >= 4 is 45.5 Å². The zero-order chi connectivity index (χ0) is 26.4. The third-order valence-electron chi connectivity index (χ3n) is 7.18. The maximum atomic E-state index is 15.3. The van der Waals surface area contributed by atoms with Gasteiger partial charge in [0.1, 0.15) is 11.2 Å². The third-order valence-corrected chi connectivity index (χ3v) is 7.18. The smallest absolute Gasteiger partial charge is 0.341 e. The van der Waals surface area contributed by atoms with Crippen LogP contribution in [0.1, 0.15) is 34.8 Å². The van der Waals surface area contributed by atoms with E-state index in [1.807, 2.05) is 42.5 Å². The van der Waals surface area contributed by atoms with Crippen LogP contribution in [0.3, 0.4) is 0 Å². The fourth-order valence-electron chi connectivity index (χ4n) is 5.08. The number of oxime groups is 1. The van der Waals surface area contributed by atoms with Gasteiger partial charge in [0, 0.05) is 43.0 Å². The van der Waals surface area contributed by atoms with Gasteiger partial charge in [0.25, 0.3) is 0 Å². The highest BCUT2D eigenvalue weighted by atomic mass is 19.1. The SMILES string of the molecule is O=C(O)c1cn(C2CC2)c2nc(N3C/C(=N\O)C(CN=Cc4cccc5ccccc45)C3)c(F)cc2c1=O. The van der Waals surface area contributed by atoms with Gasteiger partial charge in [-0.3, -0.25) is 9.79 Å². The minimum atomic E-state index is -1.36. The summed E-state index contributed by atoms with van der Waals surface area (Å²) in [6.45, 7) is 0.812. The number of aliphatic imine (C=N–C) groups is 1. The van der Waals surface area contributed by atoms with Gasteiger partial charge < -0.3 is 19.8 Å². The molecule has 1 unspecified atom stereocenters. The van der Waals surface area contributed by atoms with E-state index >= 15 is 4.39 Å². The Bertz CT molecular complexity index is 1700. The molecule has 192 valence electrons. The average molecular weight is 514 g/mol. The maximum Gasteiger partial charge on any atom is 0.341 e. The Kier molecular flexibility index (Phi) is 5.86. The molecule has 2 fully saturated rings. The number of fused-ring (bicyclic) bond motifs is 2. The molecule has 2 aliphatic rings. The number of halogens is 1. The van der Waals surface area contributed by atoms with E-state index in [-0.39, 0.29) is 35.4 Å². The Balaban J connectivity index is 1.30. The van der Waals surface area contributed by atoms with Crippen molar-refractivity contribution in [3.05, 3.63) is 81.9 Å². The number of hydrogen-bond acceptors (Lipinski definition) is 7. The Morgan fingerprint density at radius 3 is 2.71 bits per heavy atom. The first-order valence-electron chi connectivity index (χ1n) is 12.4. The quantitative estimate of drug-likeness (QED) is 0.228. The van der Waals surface area contributed by atoms with Crippen LogP contribution in [-0.2, 0) is 0 Å². The van der Waals surface area contributed by atoms with Crippen LogP contribution in [0.4, 0.5) is 10.2 Å². The molecule has 38 heavy (non-hydrogen) atoms. The highest BCUT2D eigenvalue weighted by Gasteiger charge is 2.33. The molecule has 1 saturated heterocycles. The summed E-state index contributed by atoms with van der Waals surface area (Å²) in [6.07, 6.45) is 4.75. The van der Waals surface area contributed by atoms with Crippen LogP contribution in [0.25, 0.3) is 21.8 Å². The number of carboxylic acid groups (broad SMARTS) is 1. The van der Waals surface area contributed by atoms with E-state index in [4.69, 9.17) is 0 Å². The Labute approximate surface area is 216 Å². The van der Waals surface area contributed by atoms with E-state index in [1.54, 1.807) is 15.7 Å². The number of rotatable bonds is 6. The molecule has 9 nitrogen and oxygen atoms in total. The molecular formula is C28H24FN5O4. The van der Waals surface area contributed by atoms with Crippen molar-refractivity contribution in [2.75, 3.05) is 24.5 Å². The summed E-state index contributed by atoms with van der Waals surface area (Å²) < 4.78 is 16.9. The van der Waals surface area contributed by atoms with Crippen molar-refractivity contribution in [1.82, 2.24) is 9.55 Å². The zero-order valence-electron chi connectivity index (χ0n) is 20.3. The second-order valence-corrected chi connectivity index (χ2v) is 9.71. The van der Waals surface area contributed by atoms with Gasteiger partial charge in [-0.05, 0) is 29.7 Å². The second-order valence-electron chi connectivity index (χ2n) is 9.71. The van der Waals surface area contributed by atoms with Crippen molar-refractivity contribution in [3.63, 3.8) is 0 Å². The number of benzene rings is 2. The molecule has 0 bridgehead atoms. The summed E-state index contributed by atoms with van der Waals surface area (Å²) in [4.78, 5) is 35.1. The summed E-state index contributed by atoms with van der Waals surface area (Å²) in [5.41, 5.74) is 0.517. The zero-order valence-corrected chi connectivity index (χ0v) is 20.3. The van der Waals surface area contributed by atoms with Gasteiger partial charge in [-0.1, -0.05) is 47.6 Å². The molecule has 2 N–H and O–H groups in total. The van der Waals surface area contributed by atoms with Gasteiger partial charge in [0.15, 0.2) is 11.6 Å². The van der Waals surface area contributed by atoms with Gasteiger partial charge in [-0.15, -0.1) is 0 Å². The van der Waals surface area contributed by atoms with Crippen LogP contribution < -0.4 is 10.3 Å². The van der Waals surface area contributed by atoms with E-state index in [0.29, 0.717) is 18.8 Å². The van der Waals surface area contributed by atoms with Crippen molar-refractivity contribution in [2.24, 2.45) is 16.1 Å². The molecule has 2 aromatic heterocycles. The normalized spacial score (nSPS) is 18.8. The first-order valence-corrected chi connectivity index (χ1v) is 12.4. The molecule has 0 amide bonds. The van der Waals surface area contributed by atoms with Crippen LogP contribution in [0.15, 0.2) is 69.7 Å². The molecule has 1 atom stereocenters. The lowest BCUT2D eigenvalue weighted by Crippen LogP contribution is -2.25. The van der Waals surface area contributed by atoms with Crippen LogP contribution in [0.2, 0.25) is 0 Å². The topological polar surface area (TPSA) is 120 Å². The minimum Gasteiger partial charge on any atom is -0.477 e. The highest BCUT2D eigenvalue weighted by Crippen LogP contribution is 2.37. The first-order chi connectivity index (χ1) is 18.4. The van der Waals surface area contributed by atoms with Gasteiger partial charge in [-0.25, -0.2) is 14.2 Å². The first kappa shape index (κ1) is 23.8. The molecule has 6 rings (SSSR count). The molecule has 0 spiro atoms. The molecule has 0 radical (unpaired) electrons. The number of carbonyl (C=O) groups is 1. The minimum absolute atomic E-state index is 0.0197. The number of aromatic nitrogens is 2. The lowest BCUT2D eigenvalue weighted by atomic mass is 10.1. The molecular weight excluding hydrogens is 489 g/mol. The predicted molar refractivity (Wildman–Crippen MR) is 143 cm³/mol. The average Bonchev–Trinajstić information content (AvgIpc) is 3.68. The fourth-order valence-corrected chi connectivity index (χ4v) is 5.08. The van der Waals surface area contributed by atoms with Gasteiger partial charge in [-0.2, -0.15) is 0 Å². The van der Waals surface area contributed by atoms with Crippen LogP contribution in [0, 0.1) is 11.7 Å². The van der Waals surface area contributed by atoms with Crippen LogP contribution >= 0.6 is 0 Å². The molecule has 2 aromatic carbocycles. The fraction of sp³-hybridized carbons (Fsp3) is 0.250. The van der Waals surface area contributed by atoms with Crippen molar-refractivity contribution < 1.29 is 19.5 Å². The monoisotopic (exact) mass is 513 g/mol. The summed E-state index contributed by atoms with van der Waals surface area (Å²) in [6, 6.07) is 15.1. The third kappa shape index (κ3) is 4.17. The molecule has 3 heterocycles. The van der Waals surface area contributed by atoms with Crippen molar-refractivity contribution in [1.29, 1.82) is 0 Å². The van der Waals surface area contributed by atoms with E-state index in [2.05, 4.69) is 15.1 Å². The van der Waals surface area contributed by atoms with E-state index in [0.717, 1.165) is 35.2 Å².